The van der Waals surface area contributed by atoms with E-state index in [-0.39, 0.29) is 6.61 Å². The summed E-state index contributed by atoms with van der Waals surface area (Å²) < 4.78 is 6.31. The lowest BCUT2D eigenvalue weighted by atomic mass is 9.84. The lowest BCUT2D eigenvalue weighted by Gasteiger charge is -2.25. The molecule has 124 valence electrons. The first kappa shape index (κ1) is 15.3. The van der Waals surface area contributed by atoms with E-state index in [0.717, 1.165) is 48.2 Å². The Bertz CT molecular complexity index is 679. The zero-order valence-corrected chi connectivity index (χ0v) is 14.3. The molecule has 1 saturated carbocycles. The molecule has 2 aromatic rings. The maximum atomic E-state index is 9.42. The predicted octanol–water partition coefficient (Wildman–Crippen LogP) is 4.21. The van der Waals surface area contributed by atoms with Gasteiger partial charge in [0.2, 0.25) is 5.88 Å². The van der Waals surface area contributed by atoms with Crippen LogP contribution in [0.5, 0.6) is 5.88 Å². The molecule has 0 spiro atoms. The van der Waals surface area contributed by atoms with Gasteiger partial charge in [-0.15, -0.1) is 11.3 Å². The lowest BCUT2D eigenvalue weighted by molar-refractivity contribution is 0.150. The Labute approximate surface area is 140 Å². The second-order valence-corrected chi connectivity index (χ2v) is 7.86. The highest BCUT2D eigenvalue weighted by molar-refractivity contribution is 7.18. The van der Waals surface area contributed by atoms with Gasteiger partial charge in [0.25, 0.3) is 0 Å². The Kier molecular flexibility index (Phi) is 4.49. The number of hydrogen-bond acceptors (Lipinski definition) is 5. The van der Waals surface area contributed by atoms with Crippen molar-refractivity contribution in [1.29, 1.82) is 0 Å². The molecule has 1 atom stereocenters. The van der Waals surface area contributed by atoms with E-state index in [2.05, 4.69) is 9.97 Å². The molecule has 2 aromatic heterocycles. The van der Waals surface area contributed by atoms with Crippen LogP contribution in [0.1, 0.15) is 67.7 Å². The van der Waals surface area contributed by atoms with E-state index in [1.165, 1.54) is 36.1 Å². The van der Waals surface area contributed by atoms with E-state index in [9.17, 15) is 5.11 Å². The molecule has 4 rings (SSSR count). The van der Waals surface area contributed by atoms with Gasteiger partial charge in [0.1, 0.15) is 17.3 Å². The van der Waals surface area contributed by atoms with Crippen molar-refractivity contribution in [1.82, 2.24) is 9.97 Å². The molecule has 1 fully saturated rings. The van der Waals surface area contributed by atoms with E-state index < -0.39 is 0 Å². The number of thiophene rings is 1. The zero-order valence-electron chi connectivity index (χ0n) is 13.5. The number of nitrogens with zero attached hydrogens (tertiary/aromatic N) is 2. The number of hydrogen-bond donors (Lipinski definition) is 1. The number of ether oxygens (including phenoxy) is 1. The number of fused-ring (bicyclic) bond motifs is 3. The molecule has 2 heterocycles. The zero-order chi connectivity index (χ0) is 15.6. The van der Waals surface area contributed by atoms with Crippen molar-refractivity contribution in [2.75, 3.05) is 6.61 Å². The van der Waals surface area contributed by atoms with Gasteiger partial charge in [-0.05, 0) is 62.8 Å². The molecule has 2 aliphatic carbocycles. The summed E-state index contributed by atoms with van der Waals surface area (Å²) >= 11 is 1.79. The molecule has 23 heavy (non-hydrogen) atoms. The average molecular weight is 332 g/mol. The van der Waals surface area contributed by atoms with Crippen molar-refractivity contribution in [2.24, 2.45) is 0 Å². The molecule has 0 aromatic carbocycles. The van der Waals surface area contributed by atoms with Crippen LogP contribution in [0.3, 0.4) is 0 Å². The Morgan fingerprint density at radius 3 is 2.83 bits per heavy atom. The normalized spacial score (nSPS) is 22.2. The first-order valence-electron chi connectivity index (χ1n) is 8.90. The van der Waals surface area contributed by atoms with Crippen molar-refractivity contribution in [3.05, 3.63) is 16.8 Å². The fourth-order valence-electron chi connectivity index (χ4n) is 4.12. The maximum absolute atomic E-state index is 9.42. The third-order valence-corrected chi connectivity index (χ3v) is 6.41. The monoisotopic (exact) mass is 332 g/mol. The van der Waals surface area contributed by atoms with Crippen LogP contribution in [0.4, 0.5) is 0 Å². The molecule has 0 aliphatic heterocycles. The van der Waals surface area contributed by atoms with Crippen LogP contribution in [0.25, 0.3) is 10.2 Å². The summed E-state index contributed by atoms with van der Waals surface area (Å²) in [7, 11) is 0. The van der Waals surface area contributed by atoms with Crippen LogP contribution in [0.2, 0.25) is 0 Å². The smallest absolute Gasteiger partial charge is 0.225 e. The van der Waals surface area contributed by atoms with E-state index >= 15 is 0 Å². The average Bonchev–Trinajstić information content (AvgIpc) is 2.96. The predicted molar refractivity (Wildman–Crippen MR) is 92.3 cm³/mol. The maximum Gasteiger partial charge on any atom is 0.225 e. The van der Waals surface area contributed by atoms with Crippen molar-refractivity contribution < 1.29 is 9.84 Å². The van der Waals surface area contributed by atoms with E-state index in [4.69, 9.17) is 4.74 Å². The number of aliphatic hydroxyl groups excluding tert-OH is 1. The molecular weight excluding hydrogens is 308 g/mol. The van der Waals surface area contributed by atoms with Gasteiger partial charge in [-0.25, -0.2) is 9.97 Å². The molecule has 1 N–H and O–H groups in total. The Hall–Kier alpha value is -1.20. The minimum Gasteiger partial charge on any atom is -0.474 e. The van der Waals surface area contributed by atoms with Gasteiger partial charge in [-0.2, -0.15) is 0 Å². The third-order valence-electron chi connectivity index (χ3n) is 5.24. The highest BCUT2D eigenvalue weighted by Gasteiger charge is 2.28. The van der Waals surface area contributed by atoms with Crippen LogP contribution in [0, 0.1) is 0 Å². The summed E-state index contributed by atoms with van der Waals surface area (Å²) in [5, 5.41) is 10.6. The number of rotatable bonds is 4. The topological polar surface area (TPSA) is 55.2 Å². The van der Waals surface area contributed by atoms with Crippen molar-refractivity contribution in [2.45, 2.75) is 69.8 Å². The number of aryl methyl sites for hydroxylation is 1. The molecule has 0 amide bonds. The molecular formula is C18H24N2O2S. The molecule has 0 unspecified atom stereocenters. The van der Waals surface area contributed by atoms with Gasteiger partial charge in [-0.3, -0.25) is 0 Å². The molecule has 5 heteroatoms. The van der Waals surface area contributed by atoms with Crippen LogP contribution in [0.15, 0.2) is 6.33 Å². The fraction of sp³-hybridized carbons (Fsp3) is 0.667. The second-order valence-electron chi connectivity index (χ2n) is 6.78. The molecule has 0 radical (unpaired) electrons. The Morgan fingerprint density at radius 2 is 2.00 bits per heavy atom. The summed E-state index contributed by atoms with van der Waals surface area (Å²) in [5.41, 5.74) is 1.37. The van der Waals surface area contributed by atoms with Crippen LogP contribution < -0.4 is 4.74 Å². The summed E-state index contributed by atoms with van der Waals surface area (Å²) in [4.78, 5) is 11.5. The highest BCUT2D eigenvalue weighted by Crippen LogP contribution is 2.45. The Morgan fingerprint density at radius 1 is 1.13 bits per heavy atom. The first-order valence-corrected chi connectivity index (χ1v) is 9.72. The second kappa shape index (κ2) is 6.73. The van der Waals surface area contributed by atoms with Gasteiger partial charge in [0.15, 0.2) is 0 Å². The Balaban J connectivity index is 1.74. The van der Waals surface area contributed by atoms with E-state index in [0.29, 0.717) is 12.0 Å². The standard InChI is InChI=1S/C18H24N2O2S/c21-10-9-12-5-4-8-14-15(12)16-17(19-11-20-18(16)23-14)22-13-6-2-1-3-7-13/h11-13,21H,1-10H2/t12-/m0/s1. The van der Waals surface area contributed by atoms with Gasteiger partial charge in [-0.1, -0.05) is 6.42 Å². The lowest BCUT2D eigenvalue weighted by Crippen LogP contribution is -2.20. The van der Waals surface area contributed by atoms with Crippen molar-refractivity contribution >= 4 is 21.6 Å². The highest BCUT2D eigenvalue weighted by atomic mass is 32.1. The van der Waals surface area contributed by atoms with Crippen LogP contribution in [-0.4, -0.2) is 27.8 Å². The van der Waals surface area contributed by atoms with Crippen molar-refractivity contribution in [3.8, 4) is 5.88 Å². The van der Waals surface area contributed by atoms with Crippen molar-refractivity contribution in [3.63, 3.8) is 0 Å². The third kappa shape index (κ3) is 2.96. The molecule has 4 nitrogen and oxygen atoms in total. The summed E-state index contributed by atoms with van der Waals surface area (Å²) in [6, 6.07) is 0. The largest absolute Gasteiger partial charge is 0.474 e. The fourth-order valence-corrected chi connectivity index (χ4v) is 5.38. The summed E-state index contributed by atoms with van der Waals surface area (Å²) in [6.45, 7) is 0.244. The van der Waals surface area contributed by atoms with Crippen LogP contribution >= 0.6 is 11.3 Å². The number of aliphatic hydroxyl groups is 1. The first-order chi connectivity index (χ1) is 11.4. The molecule has 0 bridgehead atoms. The van der Waals surface area contributed by atoms with Gasteiger partial charge < -0.3 is 9.84 Å². The van der Waals surface area contributed by atoms with Gasteiger partial charge >= 0.3 is 0 Å². The van der Waals surface area contributed by atoms with E-state index in [1.54, 1.807) is 17.7 Å². The number of aromatic nitrogens is 2. The van der Waals surface area contributed by atoms with Gasteiger partial charge in [0.05, 0.1) is 5.39 Å². The summed E-state index contributed by atoms with van der Waals surface area (Å²) in [5.74, 6) is 1.21. The molecule has 0 saturated heterocycles. The molecule has 2 aliphatic rings. The van der Waals surface area contributed by atoms with Gasteiger partial charge in [0, 0.05) is 11.5 Å². The van der Waals surface area contributed by atoms with E-state index in [1.807, 2.05) is 0 Å². The minimum absolute atomic E-state index is 0.244. The minimum atomic E-state index is 0.244. The SMILES string of the molecule is OCC[C@@H]1CCCc2sc3ncnc(OC4CCCCC4)c3c21. The summed E-state index contributed by atoms with van der Waals surface area (Å²) in [6.07, 6.45) is 12.4. The quantitative estimate of drug-likeness (QED) is 0.911. The van der Waals surface area contributed by atoms with Crippen LogP contribution in [-0.2, 0) is 6.42 Å².